The second kappa shape index (κ2) is 5.38. The molecule has 2 heterocycles. The summed E-state index contributed by atoms with van der Waals surface area (Å²) in [4.78, 5) is 12.8. The van der Waals surface area contributed by atoms with Gasteiger partial charge in [0.1, 0.15) is 17.5 Å². The molecule has 0 saturated heterocycles. The van der Waals surface area contributed by atoms with Gasteiger partial charge in [0, 0.05) is 11.1 Å². The van der Waals surface area contributed by atoms with E-state index in [4.69, 9.17) is 6.57 Å². The third-order valence-corrected chi connectivity index (χ3v) is 5.99. The molecule has 2 aromatic carbocycles. The number of hydrogen-bond donors (Lipinski definition) is 0. The van der Waals surface area contributed by atoms with Crippen molar-refractivity contribution in [3.63, 3.8) is 0 Å². The van der Waals surface area contributed by atoms with Crippen LogP contribution < -0.4 is 0 Å². The minimum absolute atomic E-state index is 0.329. The summed E-state index contributed by atoms with van der Waals surface area (Å²) < 4.78 is 0. The lowest BCUT2D eigenvalue weighted by molar-refractivity contribution is 0.789. The monoisotopic (exact) mass is 368 g/mol. The minimum atomic E-state index is -0.535. The molecule has 0 atom stereocenters. The number of aromatic nitrogens is 2. The SMILES string of the molecule is [C-]#[N+]c1ccc2c(n1)-c1nc(C#N)ccc1C21c2ccccc2-c2ccccc21. The van der Waals surface area contributed by atoms with Crippen molar-refractivity contribution in [1.29, 1.82) is 5.26 Å². The Labute approximate surface area is 167 Å². The summed E-state index contributed by atoms with van der Waals surface area (Å²) in [5.41, 5.74) is 7.98. The van der Waals surface area contributed by atoms with Crippen LogP contribution in [-0.4, -0.2) is 9.97 Å². The molecule has 4 heteroatoms. The van der Waals surface area contributed by atoms with Gasteiger partial charge in [-0.3, -0.25) is 0 Å². The third kappa shape index (κ3) is 1.76. The molecule has 29 heavy (non-hydrogen) atoms. The Bertz CT molecular complexity index is 1330. The Morgan fingerprint density at radius 2 is 1.31 bits per heavy atom. The molecule has 0 radical (unpaired) electrons. The highest BCUT2D eigenvalue weighted by molar-refractivity contribution is 5.93. The first-order valence-corrected chi connectivity index (χ1v) is 9.29. The molecule has 0 fully saturated rings. The number of fused-ring (bicyclic) bond motifs is 10. The van der Waals surface area contributed by atoms with E-state index in [-0.39, 0.29) is 0 Å². The van der Waals surface area contributed by atoms with E-state index in [2.05, 4.69) is 69.4 Å². The van der Waals surface area contributed by atoms with E-state index in [0.717, 1.165) is 11.1 Å². The fourth-order valence-corrected chi connectivity index (χ4v) is 4.96. The molecular formula is C25H12N4. The van der Waals surface area contributed by atoms with Crippen LogP contribution in [-0.2, 0) is 5.41 Å². The standard InChI is InChI=1S/C25H12N4/c1-27-22-13-12-21-24(29-22)23-20(11-10-15(14-26)28-23)25(21)18-8-4-2-6-16(18)17-7-3-5-9-19(17)25/h2-13H. The summed E-state index contributed by atoms with van der Waals surface area (Å²) in [5.74, 6) is 0.329. The fourth-order valence-electron chi connectivity index (χ4n) is 4.96. The summed E-state index contributed by atoms with van der Waals surface area (Å²) in [7, 11) is 0. The van der Waals surface area contributed by atoms with Gasteiger partial charge in [-0.05, 0) is 34.4 Å². The first-order valence-electron chi connectivity index (χ1n) is 9.29. The summed E-state index contributed by atoms with van der Waals surface area (Å²) in [5, 5.41) is 9.41. The van der Waals surface area contributed by atoms with Crippen LogP contribution in [0.5, 0.6) is 0 Å². The largest absolute Gasteiger partial charge is 0.361 e. The van der Waals surface area contributed by atoms with E-state index in [1.165, 1.54) is 22.3 Å². The average molecular weight is 368 g/mol. The van der Waals surface area contributed by atoms with Gasteiger partial charge in [-0.25, -0.2) is 4.98 Å². The van der Waals surface area contributed by atoms with Gasteiger partial charge in [-0.1, -0.05) is 67.2 Å². The van der Waals surface area contributed by atoms with Crippen LogP contribution in [0.15, 0.2) is 72.8 Å². The van der Waals surface area contributed by atoms with Gasteiger partial charge in [0.05, 0.1) is 5.41 Å². The molecule has 6 rings (SSSR count). The Hall–Kier alpha value is -4.28. The highest BCUT2D eigenvalue weighted by Gasteiger charge is 2.54. The van der Waals surface area contributed by atoms with Crippen LogP contribution in [0.4, 0.5) is 5.82 Å². The molecule has 2 aromatic heterocycles. The van der Waals surface area contributed by atoms with Crippen molar-refractivity contribution in [2.24, 2.45) is 0 Å². The summed E-state index contributed by atoms with van der Waals surface area (Å²) >= 11 is 0. The third-order valence-electron chi connectivity index (χ3n) is 5.99. The van der Waals surface area contributed by atoms with Gasteiger partial charge < -0.3 is 4.85 Å². The van der Waals surface area contributed by atoms with Crippen molar-refractivity contribution in [2.45, 2.75) is 5.41 Å². The molecular weight excluding hydrogens is 356 g/mol. The molecule has 0 amide bonds. The van der Waals surface area contributed by atoms with Crippen LogP contribution in [0.3, 0.4) is 0 Å². The van der Waals surface area contributed by atoms with Crippen LogP contribution in [0, 0.1) is 17.9 Å². The maximum atomic E-state index is 9.41. The molecule has 4 aromatic rings. The zero-order valence-electron chi connectivity index (χ0n) is 15.2. The summed E-state index contributed by atoms with van der Waals surface area (Å²) in [6, 6.07) is 26.5. The van der Waals surface area contributed by atoms with Crippen molar-refractivity contribution in [1.82, 2.24) is 9.97 Å². The molecule has 2 aliphatic rings. The van der Waals surface area contributed by atoms with E-state index in [1.807, 2.05) is 12.1 Å². The lowest BCUT2D eigenvalue weighted by atomic mass is 9.71. The predicted octanol–water partition coefficient (Wildman–Crippen LogP) is 5.24. The van der Waals surface area contributed by atoms with Crippen LogP contribution >= 0.6 is 0 Å². The van der Waals surface area contributed by atoms with E-state index in [0.29, 0.717) is 22.9 Å². The number of pyridine rings is 2. The van der Waals surface area contributed by atoms with E-state index in [1.54, 1.807) is 12.1 Å². The van der Waals surface area contributed by atoms with Crippen molar-refractivity contribution >= 4 is 5.82 Å². The van der Waals surface area contributed by atoms with Crippen molar-refractivity contribution in [2.75, 3.05) is 0 Å². The Balaban J connectivity index is 1.84. The number of hydrogen-bond acceptors (Lipinski definition) is 3. The number of nitrogens with zero attached hydrogens (tertiary/aromatic N) is 4. The Kier molecular flexibility index (Phi) is 2.92. The van der Waals surface area contributed by atoms with E-state index in [9.17, 15) is 5.26 Å². The molecule has 4 nitrogen and oxygen atoms in total. The molecule has 0 unspecified atom stereocenters. The second-order valence-electron chi connectivity index (χ2n) is 7.22. The highest BCUT2D eigenvalue weighted by Crippen LogP contribution is 2.61. The molecule has 0 N–H and O–H groups in total. The fraction of sp³-hybridized carbons (Fsp3) is 0.0400. The molecule has 132 valence electrons. The van der Waals surface area contributed by atoms with Crippen molar-refractivity contribution in [3.05, 3.63) is 112 Å². The lowest BCUT2D eigenvalue weighted by Gasteiger charge is -2.29. The summed E-state index contributed by atoms with van der Waals surface area (Å²) in [6.07, 6.45) is 0. The van der Waals surface area contributed by atoms with Gasteiger partial charge in [0.15, 0.2) is 5.69 Å². The molecule has 0 saturated carbocycles. The van der Waals surface area contributed by atoms with Gasteiger partial charge in [0.2, 0.25) is 0 Å². The van der Waals surface area contributed by atoms with Gasteiger partial charge >= 0.3 is 0 Å². The van der Waals surface area contributed by atoms with Crippen molar-refractivity contribution < 1.29 is 0 Å². The number of benzene rings is 2. The zero-order chi connectivity index (χ0) is 19.6. The first-order chi connectivity index (χ1) is 14.3. The normalized spacial score (nSPS) is 13.7. The smallest absolute Gasteiger partial charge is 0.270 e. The average Bonchev–Trinajstić information content (AvgIpc) is 3.25. The zero-order valence-corrected chi connectivity index (χ0v) is 15.2. The topological polar surface area (TPSA) is 53.9 Å². The molecule has 2 aliphatic carbocycles. The van der Waals surface area contributed by atoms with Gasteiger partial charge in [-0.2, -0.15) is 5.26 Å². The van der Waals surface area contributed by atoms with E-state index >= 15 is 0 Å². The van der Waals surface area contributed by atoms with Gasteiger partial charge in [0.25, 0.3) is 5.82 Å². The Morgan fingerprint density at radius 1 is 0.724 bits per heavy atom. The maximum absolute atomic E-state index is 9.41. The first kappa shape index (κ1) is 15.7. The number of nitriles is 1. The molecule has 0 bridgehead atoms. The summed E-state index contributed by atoms with van der Waals surface area (Å²) in [6.45, 7) is 7.39. The second-order valence-corrected chi connectivity index (χ2v) is 7.22. The van der Waals surface area contributed by atoms with Crippen LogP contribution in [0.25, 0.3) is 27.4 Å². The lowest BCUT2D eigenvalue weighted by Crippen LogP contribution is -2.26. The quantitative estimate of drug-likeness (QED) is 0.344. The van der Waals surface area contributed by atoms with Crippen LogP contribution in [0.1, 0.15) is 27.9 Å². The highest BCUT2D eigenvalue weighted by atomic mass is 14.9. The molecule has 0 aliphatic heterocycles. The van der Waals surface area contributed by atoms with E-state index < -0.39 is 5.41 Å². The Morgan fingerprint density at radius 3 is 1.93 bits per heavy atom. The van der Waals surface area contributed by atoms with Crippen LogP contribution in [0.2, 0.25) is 0 Å². The minimum Gasteiger partial charge on any atom is -0.361 e. The predicted molar refractivity (Wildman–Crippen MR) is 109 cm³/mol. The molecule has 1 spiro atoms. The van der Waals surface area contributed by atoms with Gasteiger partial charge in [-0.15, -0.1) is 4.98 Å². The van der Waals surface area contributed by atoms with Crippen molar-refractivity contribution in [3.8, 4) is 28.6 Å². The number of rotatable bonds is 0. The maximum Gasteiger partial charge on any atom is 0.270 e.